The molecule has 32 heavy (non-hydrogen) atoms. The maximum absolute atomic E-state index is 12.0. The van der Waals surface area contributed by atoms with Gasteiger partial charge in [-0.25, -0.2) is 9.97 Å². The van der Waals surface area contributed by atoms with Crippen molar-refractivity contribution in [3.05, 3.63) is 65.1 Å². The van der Waals surface area contributed by atoms with Crippen molar-refractivity contribution in [3.8, 4) is 0 Å². The number of benzene rings is 2. The number of aldehydes is 1. The first kappa shape index (κ1) is 20.9. The number of hydrogen-bond acceptors (Lipinski definition) is 6. The molecule has 0 radical (unpaired) electrons. The summed E-state index contributed by atoms with van der Waals surface area (Å²) in [6.07, 6.45) is 2.54. The zero-order chi connectivity index (χ0) is 22.2. The van der Waals surface area contributed by atoms with E-state index in [2.05, 4.69) is 37.7 Å². The molecule has 0 aliphatic carbocycles. The number of piperazine rings is 1. The molecule has 2 aromatic carbocycles. The van der Waals surface area contributed by atoms with Gasteiger partial charge in [0.05, 0.1) is 11.6 Å². The van der Waals surface area contributed by atoms with Gasteiger partial charge in [-0.05, 0) is 48.9 Å². The summed E-state index contributed by atoms with van der Waals surface area (Å²) in [7, 11) is 0. The van der Waals surface area contributed by atoms with Crippen LogP contribution in [0, 0.1) is 0 Å². The molecule has 4 aromatic rings. The SMILES string of the molecule is CC(c1cc2cc(Cl)ccc2[nH]1)N1CCN(Cc2ccc3c(N)ncnc3c2)C(C=O)C1. The van der Waals surface area contributed by atoms with Crippen LogP contribution in [0.2, 0.25) is 5.02 Å². The highest BCUT2D eigenvalue weighted by Crippen LogP contribution is 2.28. The van der Waals surface area contributed by atoms with E-state index < -0.39 is 0 Å². The molecular weight excluding hydrogens is 424 g/mol. The second-order valence-electron chi connectivity index (χ2n) is 8.41. The fourth-order valence-corrected chi connectivity index (χ4v) is 4.73. The van der Waals surface area contributed by atoms with Crippen LogP contribution < -0.4 is 5.73 Å². The molecule has 0 bridgehead atoms. The van der Waals surface area contributed by atoms with Crippen molar-refractivity contribution in [2.45, 2.75) is 25.6 Å². The number of H-pyrrole nitrogens is 1. The van der Waals surface area contributed by atoms with Crippen molar-refractivity contribution in [3.63, 3.8) is 0 Å². The van der Waals surface area contributed by atoms with Gasteiger partial charge in [0, 0.05) is 59.2 Å². The van der Waals surface area contributed by atoms with E-state index in [-0.39, 0.29) is 12.1 Å². The van der Waals surface area contributed by atoms with Gasteiger partial charge >= 0.3 is 0 Å². The van der Waals surface area contributed by atoms with Crippen molar-refractivity contribution < 1.29 is 4.79 Å². The number of hydrogen-bond donors (Lipinski definition) is 2. The van der Waals surface area contributed by atoms with Crippen LogP contribution in [0.15, 0.2) is 48.8 Å². The van der Waals surface area contributed by atoms with Gasteiger partial charge in [-0.1, -0.05) is 17.7 Å². The minimum atomic E-state index is -0.170. The summed E-state index contributed by atoms with van der Waals surface area (Å²) >= 11 is 6.13. The predicted molar refractivity (Wildman–Crippen MR) is 128 cm³/mol. The van der Waals surface area contributed by atoms with Gasteiger partial charge in [0.25, 0.3) is 0 Å². The molecule has 3 N–H and O–H groups in total. The zero-order valence-electron chi connectivity index (χ0n) is 17.8. The number of nitrogen functional groups attached to an aromatic ring is 1. The average Bonchev–Trinajstić information content (AvgIpc) is 3.22. The Labute approximate surface area is 191 Å². The van der Waals surface area contributed by atoms with Crippen molar-refractivity contribution in [2.75, 3.05) is 25.4 Å². The molecule has 0 amide bonds. The van der Waals surface area contributed by atoms with Crippen LogP contribution in [0.3, 0.4) is 0 Å². The highest BCUT2D eigenvalue weighted by Gasteiger charge is 2.30. The smallest absolute Gasteiger partial charge is 0.138 e. The fourth-order valence-electron chi connectivity index (χ4n) is 4.55. The summed E-state index contributed by atoms with van der Waals surface area (Å²) in [5.41, 5.74) is 10.1. The van der Waals surface area contributed by atoms with Crippen LogP contribution >= 0.6 is 11.6 Å². The number of nitrogens with two attached hydrogens (primary N) is 1. The summed E-state index contributed by atoms with van der Waals surface area (Å²) in [6, 6.07) is 14.0. The lowest BCUT2D eigenvalue weighted by molar-refractivity contribution is -0.115. The molecule has 7 nitrogen and oxygen atoms in total. The van der Waals surface area contributed by atoms with Gasteiger partial charge in [0.1, 0.15) is 18.4 Å². The number of rotatable bonds is 5. The molecule has 3 heterocycles. The normalized spacial score (nSPS) is 18.9. The van der Waals surface area contributed by atoms with Gasteiger partial charge in [-0.3, -0.25) is 9.80 Å². The minimum Gasteiger partial charge on any atom is -0.383 e. The Morgan fingerprint density at radius 1 is 1.22 bits per heavy atom. The Morgan fingerprint density at radius 3 is 2.94 bits per heavy atom. The van der Waals surface area contributed by atoms with E-state index >= 15 is 0 Å². The van der Waals surface area contributed by atoms with Gasteiger partial charge in [-0.2, -0.15) is 0 Å². The third-order valence-corrected chi connectivity index (χ3v) is 6.68. The number of halogens is 1. The van der Waals surface area contributed by atoms with Gasteiger partial charge in [0.15, 0.2) is 0 Å². The molecule has 1 aliphatic heterocycles. The molecule has 0 spiro atoms. The predicted octanol–water partition coefficient (Wildman–Crippen LogP) is 3.79. The second-order valence-corrected chi connectivity index (χ2v) is 8.85. The minimum absolute atomic E-state index is 0.170. The Kier molecular flexibility index (Phi) is 5.55. The Hall–Kier alpha value is -3.00. The first-order valence-electron chi connectivity index (χ1n) is 10.7. The summed E-state index contributed by atoms with van der Waals surface area (Å²) in [5, 5.41) is 2.68. The molecule has 2 unspecified atom stereocenters. The number of carbonyl (C=O) groups excluding carboxylic acids is 1. The number of aromatic amines is 1. The number of aromatic nitrogens is 3. The largest absolute Gasteiger partial charge is 0.383 e. The molecule has 8 heteroatoms. The lowest BCUT2D eigenvalue weighted by Crippen LogP contribution is -2.53. The molecule has 1 aliphatic rings. The van der Waals surface area contributed by atoms with E-state index in [1.54, 1.807) is 0 Å². The zero-order valence-corrected chi connectivity index (χ0v) is 18.6. The molecule has 164 valence electrons. The van der Waals surface area contributed by atoms with Crippen molar-refractivity contribution in [2.24, 2.45) is 0 Å². The molecule has 2 atom stereocenters. The second kappa shape index (κ2) is 8.50. The van der Waals surface area contributed by atoms with Gasteiger partial charge in [0.2, 0.25) is 0 Å². The Bertz CT molecular complexity index is 1290. The average molecular weight is 449 g/mol. The van der Waals surface area contributed by atoms with Crippen LogP contribution in [0.1, 0.15) is 24.2 Å². The van der Waals surface area contributed by atoms with Crippen LogP contribution in [0.4, 0.5) is 5.82 Å². The quantitative estimate of drug-likeness (QED) is 0.451. The molecular formula is C24H25ClN6O. The summed E-state index contributed by atoms with van der Waals surface area (Å²) in [4.78, 5) is 28.4. The molecule has 5 rings (SSSR count). The van der Waals surface area contributed by atoms with E-state index in [1.165, 1.54) is 6.33 Å². The highest BCUT2D eigenvalue weighted by atomic mass is 35.5. The maximum Gasteiger partial charge on any atom is 0.138 e. The number of nitrogens with zero attached hydrogens (tertiary/aromatic N) is 4. The van der Waals surface area contributed by atoms with E-state index in [0.29, 0.717) is 18.9 Å². The topological polar surface area (TPSA) is 91.1 Å². The molecule has 1 fully saturated rings. The molecule has 0 saturated carbocycles. The van der Waals surface area contributed by atoms with Crippen molar-refractivity contribution in [1.29, 1.82) is 0 Å². The summed E-state index contributed by atoms with van der Waals surface area (Å²) in [6.45, 7) is 5.24. The highest BCUT2D eigenvalue weighted by molar-refractivity contribution is 6.31. The lowest BCUT2D eigenvalue weighted by Gasteiger charge is -2.41. The first-order chi connectivity index (χ1) is 15.5. The van der Waals surface area contributed by atoms with Crippen LogP contribution in [-0.4, -0.2) is 56.7 Å². The van der Waals surface area contributed by atoms with Crippen molar-refractivity contribution >= 4 is 45.5 Å². The van der Waals surface area contributed by atoms with E-state index in [0.717, 1.165) is 57.5 Å². The lowest BCUT2D eigenvalue weighted by atomic mass is 10.1. The fraction of sp³-hybridized carbons (Fsp3) is 0.292. The Morgan fingerprint density at radius 2 is 2.09 bits per heavy atom. The van der Waals surface area contributed by atoms with E-state index in [9.17, 15) is 4.79 Å². The third-order valence-electron chi connectivity index (χ3n) is 6.44. The number of nitrogens with one attached hydrogen (secondary N) is 1. The van der Waals surface area contributed by atoms with Crippen LogP contribution in [0.25, 0.3) is 21.8 Å². The van der Waals surface area contributed by atoms with Crippen LogP contribution in [0.5, 0.6) is 0 Å². The summed E-state index contributed by atoms with van der Waals surface area (Å²) < 4.78 is 0. The number of fused-ring (bicyclic) bond motifs is 2. The standard InChI is InChI=1S/C24H25ClN6O/c1-15(22-10-17-9-18(25)3-5-21(17)29-22)30-6-7-31(19(12-30)13-32)11-16-2-4-20-23(8-16)27-14-28-24(20)26/h2-5,8-10,13-15,19,29H,6-7,11-12H2,1H3,(H2,26,27,28). The first-order valence-corrected chi connectivity index (χ1v) is 11.1. The molecule has 2 aromatic heterocycles. The number of carbonyl (C=O) groups is 1. The maximum atomic E-state index is 12.0. The van der Waals surface area contributed by atoms with E-state index in [4.69, 9.17) is 17.3 Å². The monoisotopic (exact) mass is 448 g/mol. The van der Waals surface area contributed by atoms with Gasteiger partial charge < -0.3 is 15.5 Å². The van der Waals surface area contributed by atoms with Gasteiger partial charge in [-0.15, -0.1) is 0 Å². The van der Waals surface area contributed by atoms with Crippen molar-refractivity contribution in [1.82, 2.24) is 24.8 Å². The Balaban J connectivity index is 1.30. The third kappa shape index (κ3) is 3.95. The van der Waals surface area contributed by atoms with E-state index in [1.807, 2.05) is 36.4 Å². The van der Waals surface area contributed by atoms with Crippen LogP contribution in [-0.2, 0) is 11.3 Å². The molecule has 1 saturated heterocycles. The summed E-state index contributed by atoms with van der Waals surface area (Å²) in [5.74, 6) is 0.481. The number of anilines is 1.